The molecule has 0 aromatic rings. The maximum absolute atomic E-state index is 12.1. The number of nitrogens with one attached hydrogen (secondary N) is 1. The number of hydrogen-bond acceptors (Lipinski definition) is 3. The van der Waals surface area contributed by atoms with Gasteiger partial charge >= 0.3 is 12.1 Å². The first-order chi connectivity index (χ1) is 9.97. The van der Waals surface area contributed by atoms with Crippen molar-refractivity contribution in [1.82, 2.24) is 20.0 Å². The Morgan fingerprint density at radius 3 is 2.33 bits per heavy atom. The average Bonchev–Trinajstić information content (AvgIpc) is 2.47. The topological polar surface area (TPSA) is 76.1 Å². The van der Waals surface area contributed by atoms with E-state index in [9.17, 15) is 9.59 Å². The summed E-state index contributed by atoms with van der Waals surface area (Å²) in [6.45, 7) is 8.12. The Morgan fingerprint density at radius 2 is 1.76 bits per heavy atom. The van der Waals surface area contributed by atoms with Crippen LogP contribution in [-0.4, -0.2) is 83.3 Å². The summed E-state index contributed by atoms with van der Waals surface area (Å²) in [5.74, 6) is 0. The Balaban J connectivity index is 1.84. The Labute approximate surface area is 125 Å². The van der Waals surface area contributed by atoms with E-state index in [1.807, 2.05) is 18.7 Å². The molecule has 2 saturated heterocycles. The first-order valence-corrected chi connectivity index (χ1v) is 7.74. The lowest BCUT2D eigenvalue weighted by molar-refractivity contribution is 0.0591. The van der Waals surface area contributed by atoms with E-state index in [-0.39, 0.29) is 12.1 Å². The van der Waals surface area contributed by atoms with Gasteiger partial charge in [-0.1, -0.05) is 0 Å². The van der Waals surface area contributed by atoms with Crippen LogP contribution in [0.1, 0.15) is 26.7 Å². The number of carbonyl (C=O) groups is 2. The van der Waals surface area contributed by atoms with Crippen LogP contribution in [0.15, 0.2) is 0 Å². The zero-order chi connectivity index (χ0) is 15.4. The standard InChI is InChI=1S/C14H26N4O3/c1-11(2)15-13(19)18-5-3-4-12(10-18)16-6-8-17(9-7-16)14(20)21/h11-12H,3-10H2,1-2H3,(H,15,19)(H,20,21). The lowest BCUT2D eigenvalue weighted by Crippen LogP contribution is -2.57. The van der Waals surface area contributed by atoms with Crippen LogP contribution in [0.2, 0.25) is 0 Å². The third-order valence-electron chi connectivity index (χ3n) is 4.20. The normalized spacial score (nSPS) is 24.2. The maximum Gasteiger partial charge on any atom is 0.407 e. The first-order valence-electron chi connectivity index (χ1n) is 7.74. The van der Waals surface area contributed by atoms with E-state index in [0.717, 1.165) is 39.0 Å². The number of amides is 3. The van der Waals surface area contributed by atoms with E-state index in [1.165, 1.54) is 4.90 Å². The molecule has 120 valence electrons. The SMILES string of the molecule is CC(C)NC(=O)N1CCCC(N2CCN(C(=O)O)CC2)C1. The molecule has 0 spiro atoms. The molecule has 2 fully saturated rings. The van der Waals surface area contributed by atoms with Crippen molar-refractivity contribution in [2.45, 2.75) is 38.8 Å². The van der Waals surface area contributed by atoms with Crippen LogP contribution >= 0.6 is 0 Å². The van der Waals surface area contributed by atoms with Crippen LogP contribution in [0.3, 0.4) is 0 Å². The number of hydrogen-bond donors (Lipinski definition) is 2. The summed E-state index contributed by atoms with van der Waals surface area (Å²) in [7, 11) is 0. The Bertz CT molecular complexity index is 380. The predicted molar refractivity (Wildman–Crippen MR) is 79.4 cm³/mol. The lowest BCUT2D eigenvalue weighted by Gasteiger charge is -2.42. The molecule has 2 aliphatic heterocycles. The van der Waals surface area contributed by atoms with E-state index < -0.39 is 6.09 Å². The maximum atomic E-state index is 12.1. The molecule has 0 aromatic carbocycles. The predicted octanol–water partition coefficient (Wildman–Crippen LogP) is 0.864. The highest BCUT2D eigenvalue weighted by molar-refractivity contribution is 5.74. The zero-order valence-corrected chi connectivity index (χ0v) is 12.9. The van der Waals surface area contributed by atoms with Crippen molar-refractivity contribution < 1.29 is 14.7 Å². The largest absolute Gasteiger partial charge is 0.465 e. The molecule has 2 aliphatic rings. The minimum Gasteiger partial charge on any atom is -0.465 e. The molecule has 2 heterocycles. The number of nitrogens with zero attached hydrogens (tertiary/aromatic N) is 3. The number of piperidine rings is 1. The third-order valence-corrected chi connectivity index (χ3v) is 4.20. The van der Waals surface area contributed by atoms with E-state index in [2.05, 4.69) is 10.2 Å². The number of carboxylic acid groups (broad SMARTS) is 1. The van der Waals surface area contributed by atoms with Crippen LogP contribution in [0.25, 0.3) is 0 Å². The van der Waals surface area contributed by atoms with Gasteiger partial charge in [-0.05, 0) is 26.7 Å². The molecule has 7 nitrogen and oxygen atoms in total. The van der Waals surface area contributed by atoms with Crippen LogP contribution in [0.5, 0.6) is 0 Å². The number of piperazine rings is 1. The molecule has 21 heavy (non-hydrogen) atoms. The molecular formula is C14H26N4O3. The molecule has 0 saturated carbocycles. The second-order valence-corrected chi connectivity index (χ2v) is 6.15. The molecule has 1 unspecified atom stereocenters. The van der Waals surface area contributed by atoms with Crippen LogP contribution in [0.4, 0.5) is 9.59 Å². The molecule has 0 radical (unpaired) electrons. The van der Waals surface area contributed by atoms with Gasteiger partial charge in [-0.15, -0.1) is 0 Å². The van der Waals surface area contributed by atoms with Gasteiger partial charge in [0.15, 0.2) is 0 Å². The fourth-order valence-corrected chi connectivity index (χ4v) is 3.05. The Hall–Kier alpha value is -1.50. The van der Waals surface area contributed by atoms with Crippen molar-refractivity contribution in [3.63, 3.8) is 0 Å². The summed E-state index contributed by atoms with van der Waals surface area (Å²) in [6.07, 6.45) is 1.25. The molecule has 2 rings (SSSR count). The van der Waals surface area contributed by atoms with Gasteiger partial charge in [-0.25, -0.2) is 9.59 Å². The van der Waals surface area contributed by atoms with E-state index in [0.29, 0.717) is 19.1 Å². The molecule has 0 bridgehead atoms. The molecule has 0 aliphatic carbocycles. The van der Waals surface area contributed by atoms with Gasteiger partial charge < -0.3 is 20.2 Å². The van der Waals surface area contributed by atoms with Crippen molar-refractivity contribution in [3.8, 4) is 0 Å². The van der Waals surface area contributed by atoms with E-state index in [4.69, 9.17) is 5.11 Å². The third kappa shape index (κ3) is 4.23. The summed E-state index contributed by atoms with van der Waals surface area (Å²) < 4.78 is 0. The Kier molecular flexibility index (Phi) is 5.27. The second kappa shape index (κ2) is 6.98. The highest BCUT2D eigenvalue weighted by atomic mass is 16.4. The summed E-state index contributed by atoms with van der Waals surface area (Å²) in [5.41, 5.74) is 0. The van der Waals surface area contributed by atoms with Crippen molar-refractivity contribution in [3.05, 3.63) is 0 Å². The molecule has 7 heteroatoms. The summed E-state index contributed by atoms with van der Waals surface area (Å²) in [4.78, 5) is 28.7. The fourth-order valence-electron chi connectivity index (χ4n) is 3.05. The summed E-state index contributed by atoms with van der Waals surface area (Å²) in [6, 6.07) is 0.517. The number of urea groups is 1. The highest BCUT2D eigenvalue weighted by Gasteiger charge is 2.30. The van der Waals surface area contributed by atoms with Crippen LogP contribution in [-0.2, 0) is 0 Å². The summed E-state index contributed by atoms with van der Waals surface area (Å²) >= 11 is 0. The van der Waals surface area contributed by atoms with Gasteiger partial charge in [0.25, 0.3) is 0 Å². The minimum atomic E-state index is -0.837. The fraction of sp³-hybridized carbons (Fsp3) is 0.857. The monoisotopic (exact) mass is 298 g/mol. The van der Waals surface area contributed by atoms with Crippen molar-refractivity contribution in [2.75, 3.05) is 39.3 Å². The van der Waals surface area contributed by atoms with Gasteiger partial charge in [0, 0.05) is 51.4 Å². The highest BCUT2D eigenvalue weighted by Crippen LogP contribution is 2.18. The van der Waals surface area contributed by atoms with Gasteiger partial charge in [0.1, 0.15) is 0 Å². The average molecular weight is 298 g/mol. The first kappa shape index (κ1) is 15.9. The smallest absolute Gasteiger partial charge is 0.407 e. The van der Waals surface area contributed by atoms with Crippen LogP contribution in [0, 0.1) is 0 Å². The number of likely N-dealkylation sites (tertiary alicyclic amines) is 1. The summed E-state index contributed by atoms with van der Waals surface area (Å²) in [5, 5.41) is 11.9. The second-order valence-electron chi connectivity index (χ2n) is 6.15. The Morgan fingerprint density at radius 1 is 1.10 bits per heavy atom. The van der Waals surface area contributed by atoms with Gasteiger partial charge in [0.05, 0.1) is 0 Å². The van der Waals surface area contributed by atoms with Crippen molar-refractivity contribution >= 4 is 12.1 Å². The molecule has 0 aromatic heterocycles. The van der Waals surface area contributed by atoms with Crippen molar-refractivity contribution in [1.29, 1.82) is 0 Å². The number of rotatable bonds is 2. The zero-order valence-electron chi connectivity index (χ0n) is 12.9. The molecular weight excluding hydrogens is 272 g/mol. The van der Waals surface area contributed by atoms with Gasteiger partial charge in [-0.2, -0.15) is 0 Å². The number of carbonyl (C=O) groups excluding carboxylic acids is 1. The molecule has 1 atom stereocenters. The van der Waals surface area contributed by atoms with E-state index >= 15 is 0 Å². The van der Waals surface area contributed by atoms with Crippen molar-refractivity contribution in [2.24, 2.45) is 0 Å². The van der Waals surface area contributed by atoms with Crippen LogP contribution < -0.4 is 5.32 Å². The van der Waals surface area contributed by atoms with Gasteiger partial charge in [0.2, 0.25) is 0 Å². The quantitative estimate of drug-likeness (QED) is 0.793. The van der Waals surface area contributed by atoms with E-state index in [1.54, 1.807) is 0 Å². The minimum absolute atomic E-state index is 0.0128. The lowest BCUT2D eigenvalue weighted by atomic mass is 10.0. The van der Waals surface area contributed by atoms with Gasteiger partial charge in [-0.3, -0.25) is 4.90 Å². The molecule has 3 amide bonds. The molecule has 2 N–H and O–H groups in total.